The molecule has 132 valence electrons. The molecule has 2 aromatic rings. The van der Waals surface area contributed by atoms with E-state index in [1.165, 1.54) is 0 Å². The Kier molecular flexibility index (Phi) is 4.34. The van der Waals surface area contributed by atoms with Crippen LogP contribution in [-0.2, 0) is 11.3 Å². The van der Waals surface area contributed by atoms with E-state index in [0.717, 1.165) is 50.0 Å². The molecule has 1 aromatic heterocycles. The van der Waals surface area contributed by atoms with E-state index in [9.17, 15) is 9.90 Å². The van der Waals surface area contributed by atoms with Gasteiger partial charge in [-0.1, -0.05) is 36.8 Å². The van der Waals surface area contributed by atoms with Gasteiger partial charge in [-0.2, -0.15) is 0 Å². The van der Waals surface area contributed by atoms with E-state index < -0.39 is 0 Å². The Bertz CT molecular complexity index is 742. The monoisotopic (exact) mass is 339 g/mol. The number of likely N-dealkylation sites (tertiary alicyclic amines) is 1. The minimum Gasteiger partial charge on any atom is -0.392 e. The predicted molar refractivity (Wildman–Crippen MR) is 95.8 cm³/mol. The molecule has 1 aromatic carbocycles. The van der Waals surface area contributed by atoms with Crippen LogP contribution < -0.4 is 0 Å². The molecule has 1 spiro atoms. The van der Waals surface area contributed by atoms with Crippen molar-refractivity contribution in [1.29, 1.82) is 0 Å². The van der Waals surface area contributed by atoms with Gasteiger partial charge in [0.2, 0.25) is 5.91 Å². The molecule has 5 nitrogen and oxygen atoms in total. The van der Waals surface area contributed by atoms with Crippen molar-refractivity contribution in [2.24, 2.45) is 5.41 Å². The number of rotatable bonds is 3. The van der Waals surface area contributed by atoms with E-state index in [0.29, 0.717) is 13.1 Å². The van der Waals surface area contributed by atoms with Crippen molar-refractivity contribution in [2.75, 3.05) is 13.1 Å². The fraction of sp³-hybridized carbons (Fsp3) is 0.500. The van der Waals surface area contributed by atoms with Crippen LogP contribution >= 0.6 is 0 Å². The maximum Gasteiger partial charge on any atom is 0.242 e. The minimum absolute atomic E-state index is 0.0644. The Morgan fingerprint density at radius 1 is 1.24 bits per heavy atom. The van der Waals surface area contributed by atoms with Crippen molar-refractivity contribution >= 4 is 5.91 Å². The lowest BCUT2D eigenvalue weighted by atomic mass is 9.76. The summed E-state index contributed by atoms with van der Waals surface area (Å²) in [4.78, 5) is 19.3. The van der Waals surface area contributed by atoms with Gasteiger partial charge in [0.25, 0.3) is 0 Å². The van der Waals surface area contributed by atoms with Crippen LogP contribution in [0.1, 0.15) is 32.1 Å². The van der Waals surface area contributed by atoms with Crippen molar-refractivity contribution in [1.82, 2.24) is 14.5 Å². The lowest BCUT2D eigenvalue weighted by Gasteiger charge is -2.42. The predicted octanol–water partition coefficient (Wildman–Crippen LogP) is 2.70. The summed E-state index contributed by atoms with van der Waals surface area (Å²) in [7, 11) is 0. The quantitative estimate of drug-likeness (QED) is 0.935. The molecule has 1 aliphatic heterocycles. The molecule has 1 N–H and O–H groups in total. The molecule has 1 aliphatic carbocycles. The molecule has 4 rings (SSSR count). The second-order valence-electron chi connectivity index (χ2n) is 7.43. The number of carbonyl (C=O) groups is 1. The number of carbonyl (C=O) groups excluding carboxylic acids is 1. The van der Waals surface area contributed by atoms with E-state index in [1.54, 1.807) is 6.20 Å². The number of aliphatic hydroxyl groups is 1. The summed E-state index contributed by atoms with van der Waals surface area (Å²) in [6, 6.07) is 9.95. The van der Waals surface area contributed by atoms with E-state index >= 15 is 0 Å². The van der Waals surface area contributed by atoms with Crippen LogP contribution in [0.25, 0.3) is 11.4 Å². The maximum absolute atomic E-state index is 12.9. The third kappa shape index (κ3) is 3.09. The topological polar surface area (TPSA) is 58.4 Å². The van der Waals surface area contributed by atoms with Crippen LogP contribution in [0.5, 0.6) is 0 Å². The number of piperidine rings is 1. The van der Waals surface area contributed by atoms with Gasteiger partial charge < -0.3 is 14.6 Å². The van der Waals surface area contributed by atoms with Crippen molar-refractivity contribution in [3.8, 4) is 11.4 Å². The first-order chi connectivity index (χ1) is 12.2. The summed E-state index contributed by atoms with van der Waals surface area (Å²) >= 11 is 0. The molecule has 5 heteroatoms. The molecule has 2 fully saturated rings. The average Bonchev–Trinajstić information content (AvgIpc) is 3.23. The molecular formula is C20H25N3O2. The van der Waals surface area contributed by atoms with Gasteiger partial charge in [-0.15, -0.1) is 0 Å². The average molecular weight is 339 g/mol. The fourth-order valence-electron chi connectivity index (χ4n) is 4.50. The highest BCUT2D eigenvalue weighted by atomic mass is 16.3. The number of benzene rings is 1. The zero-order valence-electron chi connectivity index (χ0n) is 14.5. The van der Waals surface area contributed by atoms with Crippen molar-refractivity contribution < 1.29 is 9.90 Å². The number of hydrogen-bond donors (Lipinski definition) is 1. The van der Waals surface area contributed by atoms with Gasteiger partial charge >= 0.3 is 0 Å². The van der Waals surface area contributed by atoms with Crippen LogP contribution in [-0.4, -0.2) is 44.7 Å². The van der Waals surface area contributed by atoms with E-state index in [-0.39, 0.29) is 17.4 Å². The number of hydrogen-bond acceptors (Lipinski definition) is 3. The van der Waals surface area contributed by atoms with Crippen LogP contribution in [0.2, 0.25) is 0 Å². The van der Waals surface area contributed by atoms with Gasteiger partial charge in [-0.25, -0.2) is 4.98 Å². The first-order valence-corrected chi connectivity index (χ1v) is 9.20. The summed E-state index contributed by atoms with van der Waals surface area (Å²) < 4.78 is 1.92. The first-order valence-electron chi connectivity index (χ1n) is 9.20. The molecule has 25 heavy (non-hydrogen) atoms. The van der Waals surface area contributed by atoms with Gasteiger partial charge in [0, 0.05) is 36.5 Å². The third-order valence-corrected chi connectivity index (χ3v) is 5.87. The standard InChI is InChI=1S/C20H25N3O2/c24-17-8-4-9-20(17)10-5-12-23(15-20)18(25)14-22-13-11-21-19(22)16-6-2-1-3-7-16/h1-3,6-7,11,13,17,24H,4-5,8-10,12,14-15H2/t17-,20+/m1/s1. The minimum atomic E-state index is -0.253. The van der Waals surface area contributed by atoms with E-state index in [4.69, 9.17) is 0 Å². The highest BCUT2D eigenvalue weighted by molar-refractivity contribution is 5.77. The fourth-order valence-corrected chi connectivity index (χ4v) is 4.50. The SMILES string of the molecule is O=C(Cn1ccnc1-c1ccccc1)N1CCC[C@@]2(CCC[C@H]2O)C1. The van der Waals surface area contributed by atoms with Crippen LogP contribution in [0, 0.1) is 5.41 Å². The zero-order chi connectivity index (χ0) is 17.3. The Hall–Kier alpha value is -2.14. The molecule has 2 aliphatic rings. The van der Waals surface area contributed by atoms with E-state index in [1.807, 2.05) is 46.0 Å². The maximum atomic E-state index is 12.9. The first kappa shape index (κ1) is 16.3. The molecule has 0 radical (unpaired) electrons. The zero-order valence-corrected chi connectivity index (χ0v) is 14.5. The third-order valence-electron chi connectivity index (χ3n) is 5.87. The lowest BCUT2D eigenvalue weighted by molar-refractivity contribution is -0.137. The smallest absolute Gasteiger partial charge is 0.242 e. The highest BCUT2D eigenvalue weighted by Crippen LogP contribution is 2.45. The Morgan fingerprint density at radius 3 is 2.80 bits per heavy atom. The largest absolute Gasteiger partial charge is 0.392 e. The second-order valence-corrected chi connectivity index (χ2v) is 7.43. The van der Waals surface area contributed by atoms with Crippen LogP contribution in [0.3, 0.4) is 0 Å². The molecule has 1 saturated carbocycles. The Morgan fingerprint density at radius 2 is 2.04 bits per heavy atom. The lowest BCUT2D eigenvalue weighted by Crippen LogP contribution is -2.50. The van der Waals surface area contributed by atoms with Gasteiger partial charge in [0.05, 0.1) is 6.10 Å². The summed E-state index contributed by atoms with van der Waals surface area (Å²) in [5.41, 5.74) is 0.951. The van der Waals surface area contributed by atoms with E-state index in [2.05, 4.69) is 4.98 Å². The van der Waals surface area contributed by atoms with Crippen molar-refractivity contribution in [3.05, 3.63) is 42.7 Å². The Balaban J connectivity index is 1.49. The van der Waals surface area contributed by atoms with Gasteiger partial charge in [0.1, 0.15) is 12.4 Å². The highest BCUT2D eigenvalue weighted by Gasteiger charge is 2.45. The number of aliphatic hydroxyl groups excluding tert-OH is 1. The van der Waals surface area contributed by atoms with Crippen molar-refractivity contribution in [3.63, 3.8) is 0 Å². The van der Waals surface area contributed by atoms with Gasteiger partial charge in [0.15, 0.2) is 0 Å². The molecule has 2 heterocycles. The number of amides is 1. The Labute approximate surface area is 148 Å². The van der Waals surface area contributed by atoms with Crippen LogP contribution in [0.4, 0.5) is 0 Å². The van der Waals surface area contributed by atoms with Gasteiger partial charge in [-0.3, -0.25) is 4.79 Å². The molecule has 1 amide bonds. The molecule has 2 atom stereocenters. The molecular weight excluding hydrogens is 314 g/mol. The second kappa shape index (κ2) is 6.64. The molecule has 1 saturated heterocycles. The molecule has 0 unspecified atom stereocenters. The number of imidazole rings is 1. The normalized spacial score (nSPS) is 26.3. The van der Waals surface area contributed by atoms with Crippen LogP contribution in [0.15, 0.2) is 42.7 Å². The summed E-state index contributed by atoms with van der Waals surface area (Å²) in [6.07, 6.45) is 8.37. The number of aromatic nitrogens is 2. The number of nitrogens with zero attached hydrogens (tertiary/aromatic N) is 3. The van der Waals surface area contributed by atoms with Gasteiger partial charge in [-0.05, 0) is 25.7 Å². The summed E-state index contributed by atoms with van der Waals surface area (Å²) in [5.74, 6) is 0.940. The van der Waals surface area contributed by atoms with Crippen molar-refractivity contribution in [2.45, 2.75) is 44.8 Å². The summed E-state index contributed by atoms with van der Waals surface area (Å²) in [6.45, 7) is 1.79. The molecule has 0 bridgehead atoms. The summed E-state index contributed by atoms with van der Waals surface area (Å²) in [5, 5.41) is 10.4.